The second-order valence-corrected chi connectivity index (χ2v) is 9.74. The summed E-state index contributed by atoms with van der Waals surface area (Å²) in [5, 5.41) is 3.76. The molecule has 1 atom stereocenters. The van der Waals surface area contributed by atoms with Crippen LogP contribution in [0.2, 0.25) is 0 Å². The molecular formula is C23H27N3O4S. The summed E-state index contributed by atoms with van der Waals surface area (Å²) in [5.41, 5.74) is 1.78. The topological polar surface area (TPSA) is 80.6 Å². The van der Waals surface area contributed by atoms with Gasteiger partial charge in [0.25, 0.3) is 0 Å². The van der Waals surface area contributed by atoms with Crippen LogP contribution < -0.4 is 10.1 Å². The Labute approximate surface area is 182 Å². The van der Waals surface area contributed by atoms with E-state index in [0.717, 1.165) is 35.1 Å². The Bertz CT molecular complexity index is 1200. The molecule has 2 aromatic carbocycles. The maximum absolute atomic E-state index is 12.8. The first-order chi connectivity index (χ1) is 14.9. The van der Waals surface area contributed by atoms with Crippen LogP contribution in [0, 0.1) is 0 Å². The first kappa shape index (κ1) is 21.4. The van der Waals surface area contributed by atoms with Crippen molar-refractivity contribution in [3.8, 4) is 5.75 Å². The molecule has 1 saturated heterocycles. The Morgan fingerprint density at radius 1 is 1.13 bits per heavy atom. The van der Waals surface area contributed by atoms with E-state index >= 15 is 0 Å². The quantitative estimate of drug-likeness (QED) is 0.610. The molecular weight excluding hydrogens is 414 g/mol. The Hall–Kier alpha value is -2.84. The molecule has 0 aliphatic carbocycles. The molecule has 2 heterocycles. The number of hydrogen-bond donors (Lipinski definition) is 1. The van der Waals surface area contributed by atoms with Gasteiger partial charge in [-0.2, -0.15) is 4.31 Å². The van der Waals surface area contributed by atoms with Crippen LogP contribution in [0.3, 0.4) is 0 Å². The highest BCUT2D eigenvalue weighted by atomic mass is 32.2. The van der Waals surface area contributed by atoms with E-state index < -0.39 is 16.1 Å². The molecule has 8 heteroatoms. The molecule has 1 amide bonds. The van der Waals surface area contributed by atoms with Crippen LogP contribution in [0.25, 0.3) is 10.9 Å². The van der Waals surface area contributed by atoms with Crippen molar-refractivity contribution in [1.29, 1.82) is 0 Å². The third-order valence-corrected chi connectivity index (χ3v) is 7.69. The van der Waals surface area contributed by atoms with Crippen LogP contribution in [0.1, 0.15) is 31.4 Å². The number of nitrogens with zero attached hydrogens (tertiary/aromatic N) is 2. The normalized spacial score (nSPS) is 15.8. The van der Waals surface area contributed by atoms with E-state index in [2.05, 4.69) is 5.32 Å². The average molecular weight is 442 g/mol. The highest BCUT2D eigenvalue weighted by molar-refractivity contribution is 7.89. The summed E-state index contributed by atoms with van der Waals surface area (Å²) in [4.78, 5) is 13.0. The molecule has 0 saturated carbocycles. The summed E-state index contributed by atoms with van der Waals surface area (Å²) in [5.74, 6) is 0.630. The number of nitrogens with one attached hydrogen (secondary N) is 1. The zero-order valence-corrected chi connectivity index (χ0v) is 18.6. The molecule has 1 fully saturated rings. The van der Waals surface area contributed by atoms with Crippen LogP contribution in [0.4, 0.5) is 0 Å². The summed E-state index contributed by atoms with van der Waals surface area (Å²) >= 11 is 0. The summed E-state index contributed by atoms with van der Waals surface area (Å²) in [6.07, 6.45) is 3.63. The summed E-state index contributed by atoms with van der Waals surface area (Å²) in [6.45, 7) is 3.38. The number of ether oxygens (including phenoxy) is 1. The molecule has 31 heavy (non-hydrogen) atoms. The van der Waals surface area contributed by atoms with E-state index in [0.29, 0.717) is 24.5 Å². The number of benzene rings is 2. The fraction of sp³-hybridized carbons (Fsp3) is 0.348. The molecule has 7 nitrogen and oxygen atoms in total. The van der Waals surface area contributed by atoms with Crippen LogP contribution in [0.15, 0.2) is 59.6 Å². The van der Waals surface area contributed by atoms with Gasteiger partial charge in [0, 0.05) is 36.7 Å². The fourth-order valence-corrected chi connectivity index (χ4v) is 5.52. The lowest BCUT2D eigenvalue weighted by atomic mass is 10.2. The van der Waals surface area contributed by atoms with E-state index in [4.69, 9.17) is 4.74 Å². The van der Waals surface area contributed by atoms with Crippen molar-refractivity contribution < 1.29 is 17.9 Å². The monoisotopic (exact) mass is 441 g/mol. The zero-order valence-electron chi connectivity index (χ0n) is 17.7. The van der Waals surface area contributed by atoms with Gasteiger partial charge in [-0.15, -0.1) is 0 Å². The van der Waals surface area contributed by atoms with Crippen molar-refractivity contribution in [2.45, 2.75) is 37.2 Å². The number of rotatable bonds is 7. The predicted molar refractivity (Wildman–Crippen MR) is 119 cm³/mol. The van der Waals surface area contributed by atoms with Crippen molar-refractivity contribution in [2.75, 3.05) is 20.2 Å². The van der Waals surface area contributed by atoms with Gasteiger partial charge >= 0.3 is 0 Å². The number of carbonyl (C=O) groups excluding carboxylic acids is 1. The highest BCUT2D eigenvalue weighted by Gasteiger charge is 2.27. The van der Waals surface area contributed by atoms with E-state index in [1.807, 2.05) is 48.0 Å². The van der Waals surface area contributed by atoms with Crippen molar-refractivity contribution in [1.82, 2.24) is 14.2 Å². The van der Waals surface area contributed by atoms with Crippen LogP contribution in [0.5, 0.6) is 5.75 Å². The summed E-state index contributed by atoms with van der Waals surface area (Å²) in [6, 6.07) is 14.1. The summed E-state index contributed by atoms with van der Waals surface area (Å²) < 4.78 is 34.3. The standard InChI is InChI=1S/C23H27N3O4S/c1-17(23(27)24-16-18-6-5-7-20(14-18)30-2)26-13-10-19-15-21(8-9-22(19)26)31(28,29)25-11-3-4-12-25/h5-10,13-15,17H,3-4,11-12,16H2,1-2H3,(H,24,27)/t17-/m0/s1. The van der Waals surface area contributed by atoms with Crippen LogP contribution in [-0.2, 0) is 21.4 Å². The molecule has 1 N–H and O–H groups in total. The molecule has 3 aromatic rings. The average Bonchev–Trinajstić information content (AvgIpc) is 3.47. The number of fused-ring (bicyclic) bond motifs is 1. The second kappa shape index (κ2) is 8.72. The van der Waals surface area contributed by atoms with Crippen molar-refractivity contribution in [3.05, 3.63) is 60.3 Å². The first-order valence-electron chi connectivity index (χ1n) is 10.4. The molecule has 0 radical (unpaired) electrons. The third kappa shape index (κ3) is 4.31. The number of methoxy groups -OCH3 is 1. The maximum atomic E-state index is 12.8. The number of carbonyl (C=O) groups is 1. The largest absolute Gasteiger partial charge is 0.497 e. The van der Waals surface area contributed by atoms with E-state index in [1.54, 1.807) is 29.6 Å². The van der Waals surface area contributed by atoms with Gasteiger partial charge in [-0.25, -0.2) is 8.42 Å². The number of sulfonamides is 1. The van der Waals surface area contributed by atoms with Crippen molar-refractivity contribution in [3.63, 3.8) is 0 Å². The molecule has 1 aliphatic heterocycles. The first-order valence-corrected chi connectivity index (χ1v) is 11.9. The Balaban J connectivity index is 1.50. The molecule has 0 bridgehead atoms. The van der Waals surface area contributed by atoms with Crippen molar-refractivity contribution >= 4 is 26.8 Å². The zero-order chi connectivity index (χ0) is 22.0. The molecule has 1 aliphatic rings. The lowest BCUT2D eigenvalue weighted by Crippen LogP contribution is -2.30. The van der Waals surface area contributed by atoms with Gasteiger partial charge in [0.1, 0.15) is 11.8 Å². The molecule has 164 valence electrons. The molecule has 0 unspecified atom stereocenters. The van der Waals surface area contributed by atoms with Gasteiger partial charge in [-0.1, -0.05) is 12.1 Å². The maximum Gasteiger partial charge on any atom is 0.243 e. The van der Waals surface area contributed by atoms with Gasteiger partial charge in [-0.05, 0) is 61.7 Å². The molecule has 1 aromatic heterocycles. The van der Waals surface area contributed by atoms with Crippen LogP contribution in [-0.4, -0.2) is 43.4 Å². The molecule has 4 rings (SSSR count). The van der Waals surface area contributed by atoms with Gasteiger partial charge < -0.3 is 14.6 Å². The van der Waals surface area contributed by atoms with E-state index in [-0.39, 0.29) is 5.91 Å². The minimum atomic E-state index is -3.47. The van der Waals surface area contributed by atoms with E-state index in [1.165, 1.54) is 0 Å². The minimum Gasteiger partial charge on any atom is -0.497 e. The Morgan fingerprint density at radius 3 is 2.65 bits per heavy atom. The van der Waals surface area contributed by atoms with Gasteiger partial charge in [0.2, 0.25) is 15.9 Å². The van der Waals surface area contributed by atoms with Gasteiger partial charge in [-0.3, -0.25) is 4.79 Å². The number of amides is 1. The Kier molecular flexibility index (Phi) is 6.02. The lowest BCUT2D eigenvalue weighted by Gasteiger charge is -2.17. The number of aromatic nitrogens is 1. The predicted octanol–water partition coefficient (Wildman–Crippen LogP) is 3.31. The smallest absolute Gasteiger partial charge is 0.243 e. The second-order valence-electron chi connectivity index (χ2n) is 7.80. The summed E-state index contributed by atoms with van der Waals surface area (Å²) in [7, 11) is -1.86. The van der Waals surface area contributed by atoms with Gasteiger partial charge in [0.05, 0.1) is 12.0 Å². The van der Waals surface area contributed by atoms with Crippen LogP contribution >= 0.6 is 0 Å². The SMILES string of the molecule is COc1cccc(CNC(=O)[C@H](C)n2ccc3cc(S(=O)(=O)N4CCCC4)ccc32)c1. The Morgan fingerprint density at radius 2 is 1.90 bits per heavy atom. The third-order valence-electron chi connectivity index (χ3n) is 5.79. The molecule has 0 spiro atoms. The van der Waals surface area contributed by atoms with Crippen molar-refractivity contribution in [2.24, 2.45) is 0 Å². The number of hydrogen-bond acceptors (Lipinski definition) is 4. The highest BCUT2D eigenvalue weighted by Crippen LogP contribution is 2.27. The lowest BCUT2D eigenvalue weighted by molar-refractivity contribution is -0.123. The minimum absolute atomic E-state index is 0.117. The van der Waals surface area contributed by atoms with E-state index in [9.17, 15) is 13.2 Å². The van der Waals surface area contributed by atoms with Gasteiger partial charge in [0.15, 0.2) is 0 Å². The fourth-order valence-electron chi connectivity index (χ4n) is 3.96.